The zero-order valence-electron chi connectivity index (χ0n) is 11.5. The second-order valence-electron chi connectivity index (χ2n) is 5.77. The Morgan fingerprint density at radius 2 is 2.05 bits per heavy atom. The number of fused-ring (bicyclic) bond motifs is 1. The first-order valence-electron chi connectivity index (χ1n) is 7.14. The number of hydrogen-bond acceptors (Lipinski definition) is 3. The fraction of sp³-hybridized carbons (Fsp3) is 0.533. The van der Waals surface area contributed by atoms with Crippen molar-refractivity contribution in [1.29, 1.82) is 0 Å². The first-order chi connectivity index (χ1) is 9.61. The fourth-order valence-electron chi connectivity index (χ4n) is 2.84. The second-order valence-corrected chi connectivity index (χ2v) is 6.17. The molecule has 0 aromatic heterocycles. The van der Waals surface area contributed by atoms with Crippen LogP contribution in [0, 0.1) is 5.92 Å². The van der Waals surface area contributed by atoms with Crippen LogP contribution >= 0.6 is 11.6 Å². The monoisotopic (exact) mass is 294 g/mol. The van der Waals surface area contributed by atoms with Crippen LogP contribution in [0.5, 0.6) is 5.75 Å². The number of carbonyl (C=O) groups excluding carboxylic acids is 1. The minimum atomic E-state index is -0.143. The molecule has 1 aliphatic carbocycles. The number of hydrogen-bond donors (Lipinski definition) is 2. The number of carbonyl (C=O) groups is 1. The van der Waals surface area contributed by atoms with Crippen molar-refractivity contribution in [2.24, 2.45) is 5.92 Å². The Balaban J connectivity index is 1.75. The number of rotatable bonds is 2. The molecular weight excluding hydrogens is 276 g/mol. The van der Waals surface area contributed by atoms with Crippen molar-refractivity contribution in [3.8, 4) is 5.75 Å². The van der Waals surface area contributed by atoms with Crippen molar-refractivity contribution in [3.05, 3.63) is 17.2 Å². The molecule has 2 N–H and O–H groups in total. The molecule has 2 aliphatic rings. The molecule has 3 rings (SSSR count). The molecule has 0 atom stereocenters. The van der Waals surface area contributed by atoms with E-state index in [0.717, 1.165) is 11.6 Å². The van der Waals surface area contributed by atoms with Crippen molar-refractivity contribution in [3.63, 3.8) is 0 Å². The van der Waals surface area contributed by atoms with Gasteiger partial charge in [-0.2, -0.15) is 0 Å². The lowest BCUT2D eigenvalue weighted by Crippen LogP contribution is -2.27. The lowest BCUT2D eigenvalue weighted by Gasteiger charge is -2.28. The molecule has 1 aromatic carbocycles. The molecule has 1 saturated carbocycles. The Bertz CT molecular complexity index is 525. The molecule has 108 valence electrons. The van der Waals surface area contributed by atoms with E-state index in [1.165, 1.54) is 25.7 Å². The summed E-state index contributed by atoms with van der Waals surface area (Å²) in [7, 11) is 0. The maximum Gasteiger partial charge on any atom is 0.262 e. The van der Waals surface area contributed by atoms with Gasteiger partial charge in [-0.1, -0.05) is 18.5 Å². The van der Waals surface area contributed by atoms with Gasteiger partial charge in [0.2, 0.25) is 0 Å². The van der Waals surface area contributed by atoms with Crippen molar-refractivity contribution in [1.82, 2.24) is 0 Å². The van der Waals surface area contributed by atoms with Crippen LogP contribution in [-0.2, 0) is 4.79 Å². The maximum absolute atomic E-state index is 11.3. The Morgan fingerprint density at radius 1 is 1.30 bits per heavy atom. The molecule has 4 nitrogen and oxygen atoms in total. The standard InChI is InChI=1S/C15H19ClN2O2/c1-9-2-4-10(5-3-9)17-12-7-14-13(6-11(12)16)18-15(19)8-20-14/h6-7,9-10,17H,2-5,8H2,1H3,(H,18,19). The van der Waals surface area contributed by atoms with Crippen LogP contribution in [0.2, 0.25) is 5.02 Å². The molecule has 1 fully saturated rings. The van der Waals surface area contributed by atoms with E-state index in [2.05, 4.69) is 17.6 Å². The molecule has 0 spiro atoms. The van der Waals surface area contributed by atoms with Gasteiger partial charge >= 0.3 is 0 Å². The van der Waals surface area contributed by atoms with Gasteiger partial charge in [0, 0.05) is 12.1 Å². The highest BCUT2D eigenvalue weighted by Crippen LogP contribution is 2.37. The third-order valence-corrected chi connectivity index (χ3v) is 4.39. The van der Waals surface area contributed by atoms with Crippen LogP contribution in [0.15, 0.2) is 12.1 Å². The zero-order valence-corrected chi connectivity index (χ0v) is 12.3. The highest BCUT2D eigenvalue weighted by molar-refractivity contribution is 6.33. The van der Waals surface area contributed by atoms with Gasteiger partial charge in [-0.3, -0.25) is 4.79 Å². The predicted molar refractivity (Wildman–Crippen MR) is 80.6 cm³/mol. The smallest absolute Gasteiger partial charge is 0.262 e. The van der Waals surface area contributed by atoms with Gasteiger partial charge in [0.15, 0.2) is 6.61 Å². The van der Waals surface area contributed by atoms with E-state index < -0.39 is 0 Å². The lowest BCUT2D eigenvalue weighted by atomic mass is 9.87. The lowest BCUT2D eigenvalue weighted by molar-refractivity contribution is -0.118. The zero-order chi connectivity index (χ0) is 14.1. The summed E-state index contributed by atoms with van der Waals surface area (Å²) in [6.45, 7) is 2.37. The Labute approximate surface area is 123 Å². The van der Waals surface area contributed by atoms with Gasteiger partial charge < -0.3 is 15.4 Å². The summed E-state index contributed by atoms with van der Waals surface area (Å²) < 4.78 is 5.43. The van der Waals surface area contributed by atoms with E-state index in [1.807, 2.05) is 6.07 Å². The number of nitrogens with one attached hydrogen (secondary N) is 2. The third-order valence-electron chi connectivity index (χ3n) is 4.08. The summed E-state index contributed by atoms with van der Waals surface area (Å²) in [6, 6.07) is 4.11. The molecule has 1 amide bonds. The van der Waals surface area contributed by atoms with Crippen molar-refractivity contribution in [2.75, 3.05) is 17.2 Å². The number of halogens is 1. The predicted octanol–water partition coefficient (Wildman–Crippen LogP) is 3.66. The van der Waals surface area contributed by atoms with Crippen LogP contribution in [0.3, 0.4) is 0 Å². The number of ether oxygens (including phenoxy) is 1. The van der Waals surface area contributed by atoms with Gasteiger partial charge in [0.1, 0.15) is 5.75 Å². The number of amides is 1. The van der Waals surface area contributed by atoms with Crippen LogP contribution < -0.4 is 15.4 Å². The Hall–Kier alpha value is -1.42. The molecule has 0 radical (unpaired) electrons. The summed E-state index contributed by atoms with van der Waals surface area (Å²) in [5.41, 5.74) is 1.54. The fourth-order valence-corrected chi connectivity index (χ4v) is 3.05. The van der Waals surface area contributed by atoms with Gasteiger partial charge in [-0.05, 0) is 37.7 Å². The molecule has 0 bridgehead atoms. The highest BCUT2D eigenvalue weighted by Gasteiger charge is 2.21. The average molecular weight is 295 g/mol. The quantitative estimate of drug-likeness (QED) is 0.875. The van der Waals surface area contributed by atoms with Gasteiger partial charge in [0.25, 0.3) is 5.91 Å². The molecule has 0 saturated heterocycles. The first-order valence-corrected chi connectivity index (χ1v) is 7.52. The summed E-state index contributed by atoms with van der Waals surface area (Å²) in [5.74, 6) is 1.36. The molecule has 20 heavy (non-hydrogen) atoms. The minimum Gasteiger partial charge on any atom is -0.482 e. The summed E-state index contributed by atoms with van der Waals surface area (Å²) >= 11 is 6.29. The number of anilines is 2. The van der Waals surface area contributed by atoms with Gasteiger partial charge in [-0.15, -0.1) is 0 Å². The third kappa shape index (κ3) is 2.85. The van der Waals surface area contributed by atoms with Crippen LogP contribution in [-0.4, -0.2) is 18.6 Å². The normalized spacial score (nSPS) is 25.4. The van der Waals surface area contributed by atoms with E-state index in [4.69, 9.17) is 16.3 Å². The summed E-state index contributed by atoms with van der Waals surface area (Å²) in [6.07, 6.45) is 4.86. The van der Waals surface area contributed by atoms with E-state index in [1.54, 1.807) is 6.07 Å². The van der Waals surface area contributed by atoms with E-state index in [0.29, 0.717) is 22.5 Å². The Morgan fingerprint density at radius 3 is 2.80 bits per heavy atom. The van der Waals surface area contributed by atoms with Crippen LogP contribution in [0.4, 0.5) is 11.4 Å². The second kappa shape index (κ2) is 5.52. The summed E-state index contributed by atoms with van der Waals surface area (Å²) in [4.78, 5) is 11.3. The number of benzene rings is 1. The largest absolute Gasteiger partial charge is 0.482 e. The molecular formula is C15H19ClN2O2. The van der Waals surface area contributed by atoms with Crippen LogP contribution in [0.25, 0.3) is 0 Å². The maximum atomic E-state index is 11.3. The van der Waals surface area contributed by atoms with E-state index in [9.17, 15) is 4.79 Å². The molecule has 1 aromatic rings. The first kappa shape index (κ1) is 13.6. The van der Waals surface area contributed by atoms with Crippen molar-refractivity contribution >= 4 is 28.9 Å². The molecule has 5 heteroatoms. The minimum absolute atomic E-state index is 0.0645. The molecule has 1 heterocycles. The van der Waals surface area contributed by atoms with Crippen molar-refractivity contribution < 1.29 is 9.53 Å². The van der Waals surface area contributed by atoms with E-state index >= 15 is 0 Å². The van der Waals surface area contributed by atoms with Gasteiger partial charge in [-0.25, -0.2) is 0 Å². The SMILES string of the molecule is CC1CCC(Nc2cc3c(cc2Cl)NC(=O)CO3)CC1. The molecule has 1 aliphatic heterocycles. The van der Waals surface area contributed by atoms with Crippen LogP contribution in [0.1, 0.15) is 32.6 Å². The molecule has 0 unspecified atom stereocenters. The van der Waals surface area contributed by atoms with Crippen molar-refractivity contribution in [2.45, 2.75) is 38.6 Å². The van der Waals surface area contributed by atoms with Gasteiger partial charge in [0.05, 0.1) is 16.4 Å². The summed E-state index contributed by atoms with van der Waals surface area (Å²) in [5, 5.41) is 6.89. The topological polar surface area (TPSA) is 50.4 Å². The average Bonchev–Trinajstić information content (AvgIpc) is 2.42. The van der Waals surface area contributed by atoms with E-state index in [-0.39, 0.29) is 12.5 Å². The Kier molecular flexibility index (Phi) is 3.74. The highest BCUT2D eigenvalue weighted by atomic mass is 35.5.